The van der Waals surface area contributed by atoms with Gasteiger partial charge in [0.2, 0.25) is 9.84 Å². The summed E-state index contributed by atoms with van der Waals surface area (Å²) in [6.45, 7) is 0.0512. The number of carbonyl (C=O) groups excluding carboxylic acids is 2. The van der Waals surface area contributed by atoms with Crippen molar-refractivity contribution in [1.82, 2.24) is 0 Å². The molecule has 9 heteroatoms. The van der Waals surface area contributed by atoms with E-state index in [-0.39, 0.29) is 33.2 Å². The zero-order valence-electron chi connectivity index (χ0n) is 18.6. The van der Waals surface area contributed by atoms with E-state index in [4.69, 9.17) is 23.2 Å². The summed E-state index contributed by atoms with van der Waals surface area (Å²) < 4.78 is 27.2. The normalized spacial score (nSPS) is 13.9. The maximum atomic E-state index is 13.7. The Morgan fingerprint density at radius 3 is 2.28 bits per heavy atom. The van der Waals surface area contributed by atoms with Gasteiger partial charge in [0.1, 0.15) is 0 Å². The van der Waals surface area contributed by atoms with Crippen LogP contribution in [-0.2, 0) is 16.4 Å². The van der Waals surface area contributed by atoms with Gasteiger partial charge < -0.3 is 10.2 Å². The fourth-order valence-electron chi connectivity index (χ4n) is 4.09. The number of rotatable bonds is 4. The van der Waals surface area contributed by atoms with Crippen LogP contribution in [0, 0.1) is 0 Å². The van der Waals surface area contributed by atoms with Crippen LogP contribution in [0.4, 0.5) is 11.4 Å². The van der Waals surface area contributed by atoms with Crippen molar-refractivity contribution in [3.8, 4) is 0 Å². The average molecular weight is 537 g/mol. The molecule has 5 rings (SSSR count). The molecule has 36 heavy (non-hydrogen) atoms. The molecular formula is C27H18Cl2N2O4S. The van der Waals surface area contributed by atoms with E-state index in [0.717, 1.165) is 0 Å². The summed E-state index contributed by atoms with van der Waals surface area (Å²) in [5.74, 6) is -0.977. The van der Waals surface area contributed by atoms with Crippen molar-refractivity contribution in [3.05, 3.63) is 118 Å². The molecule has 0 aromatic heterocycles. The van der Waals surface area contributed by atoms with E-state index in [1.165, 1.54) is 35.2 Å². The molecule has 4 aromatic carbocycles. The molecule has 1 N–H and O–H groups in total. The first kappa shape index (κ1) is 24.1. The first-order valence-electron chi connectivity index (χ1n) is 10.9. The number of hydrogen-bond donors (Lipinski definition) is 1. The van der Waals surface area contributed by atoms with Gasteiger partial charge in [0.25, 0.3) is 11.8 Å². The number of hydrogen-bond acceptors (Lipinski definition) is 4. The second kappa shape index (κ2) is 9.43. The van der Waals surface area contributed by atoms with E-state index in [0.29, 0.717) is 21.3 Å². The van der Waals surface area contributed by atoms with Gasteiger partial charge in [-0.2, -0.15) is 0 Å². The summed E-state index contributed by atoms with van der Waals surface area (Å²) in [5, 5.41) is 3.69. The summed E-state index contributed by atoms with van der Waals surface area (Å²) in [5.41, 5.74) is 1.52. The SMILES string of the molecule is O=C(Nc1cccc(Cl)c1)c1ccc2c(c1)N(Cc1cccc(Cl)c1)C(=O)c1ccccc1S2(=O)=O. The number of nitrogens with one attached hydrogen (secondary N) is 1. The van der Waals surface area contributed by atoms with Gasteiger partial charge >= 0.3 is 0 Å². The standard InChI is InChI=1S/C27H18Cl2N2O4S/c28-19-6-3-5-17(13-19)16-31-23-14-18(26(32)30-21-8-4-7-20(29)15-21)11-12-25(23)36(34,35)24-10-2-1-9-22(24)27(31)33/h1-15H,16H2,(H,30,32). The average Bonchev–Trinajstić information content (AvgIpc) is 2.92. The topological polar surface area (TPSA) is 83.6 Å². The molecule has 4 aromatic rings. The van der Waals surface area contributed by atoms with Crippen molar-refractivity contribution in [2.24, 2.45) is 0 Å². The highest BCUT2D eigenvalue weighted by Crippen LogP contribution is 2.38. The largest absolute Gasteiger partial charge is 0.322 e. The molecule has 0 fully saturated rings. The van der Waals surface area contributed by atoms with Gasteiger partial charge in [-0.05, 0) is 66.2 Å². The highest BCUT2D eigenvalue weighted by molar-refractivity contribution is 7.91. The predicted octanol–water partition coefficient (Wildman–Crippen LogP) is 6.24. The lowest BCUT2D eigenvalue weighted by Crippen LogP contribution is -2.30. The second-order valence-electron chi connectivity index (χ2n) is 8.17. The maximum absolute atomic E-state index is 13.7. The molecule has 1 heterocycles. The van der Waals surface area contributed by atoms with E-state index < -0.39 is 21.7 Å². The van der Waals surface area contributed by atoms with Gasteiger partial charge in [0, 0.05) is 21.3 Å². The van der Waals surface area contributed by atoms with Gasteiger partial charge in [-0.3, -0.25) is 9.59 Å². The second-order valence-corrected chi connectivity index (χ2v) is 10.9. The van der Waals surface area contributed by atoms with Crippen molar-refractivity contribution < 1.29 is 18.0 Å². The summed E-state index contributed by atoms with van der Waals surface area (Å²) in [4.78, 5) is 28.0. The molecule has 0 radical (unpaired) electrons. The fraction of sp³-hybridized carbons (Fsp3) is 0.0370. The van der Waals surface area contributed by atoms with Crippen molar-refractivity contribution in [3.63, 3.8) is 0 Å². The monoisotopic (exact) mass is 536 g/mol. The molecule has 1 aliphatic heterocycles. The summed E-state index contributed by atoms with van der Waals surface area (Å²) in [6.07, 6.45) is 0. The van der Waals surface area contributed by atoms with Crippen LogP contribution in [0.5, 0.6) is 0 Å². The molecule has 180 valence electrons. The number of anilines is 2. The molecule has 6 nitrogen and oxygen atoms in total. The summed E-state index contributed by atoms with van der Waals surface area (Å²) >= 11 is 12.2. The Bertz CT molecular complexity index is 1640. The zero-order valence-corrected chi connectivity index (χ0v) is 20.9. The Hall–Kier alpha value is -3.65. The molecule has 0 saturated heterocycles. The van der Waals surface area contributed by atoms with Crippen molar-refractivity contribution in [2.75, 3.05) is 10.2 Å². The van der Waals surface area contributed by atoms with E-state index in [9.17, 15) is 18.0 Å². The van der Waals surface area contributed by atoms with Crippen molar-refractivity contribution in [2.45, 2.75) is 16.3 Å². The summed E-state index contributed by atoms with van der Waals surface area (Å²) in [6, 6.07) is 23.9. The lowest BCUT2D eigenvalue weighted by Gasteiger charge is -2.23. The third-order valence-electron chi connectivity index (χ3n) is 5.77. The van der Waals surface area contributed by atoms with Crippen LogP contribution < -0.4 is 10.2 Å². The number of sulfone groups is 1. The lowest BCUT2D eigenvalue weighted by atomic mass is 10.1. The van der Waals surface area contributed by atoms with Gasteiger partial charge in [-0.1, -0.05) is 53.5 Å². The van der Waals surface area contributed by atoms with E-state index in [2.05, 4.69) is 5.32 Å². The molecular weight excluding hydrogens is 519 g/mol. The Balaban J connectivity index is 1.65. The van der Waals surface area contributed by atoms with Crippen LogP contribution in [0.1, 0.15) is 26.3 Å². The molecule has 0 spiro atoms. The number of amides is 2. The first-order chi connectivity index (χ1) is 17.2. The quantitative estimate of drug-likeness (QED) is 0.334. The number of benzene rings is 4. The minimum Gasteiger partial charge on any atom is -0.322 e. The predicted molar refractivity (Wildman–Crippen MR) is 140 cm³/mol. The van der Waals surface area contributed by atoms with Crippen LogP contribution in [0.15, 0.2) is 101 Å². The molecule has 0 aliphatic carbocycles. The molecule has 1 aliphatic rings. The molecule has 0 saturated carbocycles. The Morgan fingerprint density at radius 2 is 1.53 bits per heavy atom. The third-order valence-corrected chi connectivity index (χ3v) is 8.10. The van der Waals surface area contributed by atoms with Crippen LogP contribution in [-0.4, -0.2) is 20.2 Å². The van der Waals surface area contributed by atoms with Crippen LogP contribution >= 0.6 is 23.2 Å². The van der Waals surface area contributed by atoms with Gasteiger partial charge in [0.15, 0.2) is 0 Å². The van der Waals surface area contributed by atoms with E-state index in [1.807, 2.05) is 0 Å². The first-order valence-corrected chi connectivity index (χ1v) is 13.1. The minimum absolute atomic E-state index is 0.0512. The lowest BCUT2D eigenvalue weighted by molar-refractivity contribution is 0.0979. The van der Waals surface area contributed by atoms with Crippen molar-refractivity contribution >= 4 is 56.2 Å². The van der Waals surface area contributed by atoms with Crippen molar-refractivity contribution in [1.29, 1.82) is 0 Å². The van der Waals surface area contributed by atoms with Crippen LogP contribution in [0.3, 0.4) is 0 Å². The van der Waals surface area contributed by atoms with Gasteiger partial charge in [-0.25, -0.2) is 8.42 Å². The van der Waals surface area contributed by atoms with Gasteiger partial charge in [-0.15, -0.1) is 0 Å². The highest BCUT2D eigenvalue weighted by atomic mass is 35.5. The zero-order chi connectivity index (χ0) is 25.4. The number of nitrogens with zero attached hydrogens (tertiary/aromatic N) is 1. The number of carbonyl (C=O) groups is 2. The number of halogens is 2. The molecule has 0 unspecified atom stereocenters. The minimum atomic E-state index is -4.05. The van der Waals surface area contributed by atoms with Crippen LogP contribution in [0.2, 0.25) is 10.0 Å². The number of fused-ring (bicyclic) bond motifs is 2. The Labute approximate surface area is 218 Å². The third kappa shape index (κ3) is 4.48. The maximum Gasteiger partial charge on any atom is 0.259 e. The van der Waals surface area contributed by atoms with Crippen LogP contribution in [0.25, 0.3) is 0 Å². The van der Waals surface area contributed by atoms with E-state index in [1.54, 1.807) is 60.7 Å². The molecule has 2 amide bonds. The smallest absolute Gasteiger partial charge is 0.259 e. The molecule has 0 bridgehead atoms. The molecule has 0 atom stereocenters. The highest BCUT2D eigenvalue weighted by Gasteiger charge is 2.36. The van der Waals surface area contributed by atoms with Gasteiger partial charge in [0.05, 0.1) is 27.6 Å². The fourth-order valence-corrected chi connectivity index (χ4v) is 6.13. The Morgan fingerprint density at radius 1 is 0.806 bits per heavy atom. The van der Waals surface area contributed by atoms with E-state index >= 15 is 0 Å². The summed E-state index contributed by atoms with van der Waals surface area (Å²) in [7, 11) is -4.05. The Kier molecular flexibility index (Phi) is 6.30.